The van der Waals surface area contributed by atoms with Crippen LogP contribution in [0.2, 0.25) is 0 Å². The molecule has 4 heterocycles. The third-order valence-electron chi connectivity index (χ3n) is 7.63. The number of benzene rings is 2. The summed E-state index contributed by atoms with van der Waals surface area (Å²) in [4.78, 5) is 12.2. The minimum atomic E-state index is 0.608. The van der Waals surface area contributed by atoms with E-state index in [4.69, 9.17) is 9.97 Å². The van der Waals surface area contributed by atoms with E-state index in [1.807, 2.05) is 6.92 Å². The summed E-state index contributed by atoms with van der Waals surface area (Å²) in [5.41, 5.74) is 9.84. The lowest BCUT2D eigenvalue weighted by atomic mass is 9.95. The largest absolute Gasteiger partial charge is 0.371 e. The van der Waals surface area contributed by atoms with E-state index in [0.717, 1.165) is 65.4 Å². The number of nitrogens with zero attached hydrogens (tertiary/aromatic N) is 7. The van der Waals surface area contributed by atoms with Gasteiger partial charge in [-0.15, -0.1) is 10.2 Å². The number of hydrogen-bond donors (Lipinski definition) is 1. The first-order chi connectivity index (χ1) is 18.5. The first-order valence-electron chi connectivity index (χ1n) is 13.6. The van der Waals surface area contributed by atoms with Gasteiger partial charge in [0.2, 0.25) is 5.82 Å². The van der Waals surface area contributed by atoms with E-state index in [9.17, 15) is 0 Å². The van der Waals surface area contributed by atoms with Gasteiger partial charge in [0.1, 0.15) is 11.3 Å². The lowest BCUT2D eigenvalue weighted by Crippen LogP contribution is -2.34. The second-order valence-electron chi connectivity index (χ2n) is 10.6. The smallest absolute Gasteiger partial charge is 0.205 e. The number of pyridine rings is 1. The van der Waals surface area contributed by atoms with Crippen molar-refractivity contribution < 1.29 is 0 Å². The number of anilines is 1. The maximum atomic E-state index is 4.91. The van der Waals surface area contributed by atoms with Gasteiger partial charge in [-0.1, -0.05) is 38.1 Å². The quantitative estimate of drug-likeness (QED) is 0.316. The maximum absolute atomic E-state index is 4.91. The zero-order valence-electron chi connectivity index (χ0n) is 22.6. The van der Waals surface area contributed by atoms with Gasteiger partial charge in [-0.3, -0.25) is 0 Å². The van der Waals surface area contributed by atoms with Gasteiger partial charge in [-0.2, -0.15) is 5.21 Å². The Labute approximate surface area is 223 Å². The van der Waals surface area contributed by atoms with Gasteiger partial charge in [0.25, 0.3) is 0 Å². The fraction of sp³-hybridized carbons (Fsp3) is 0.367. The highest BCUT2D eigenvalue weighted by atomic mass is 15.5. The number of aromatic amines is 1. The van der Waals surface area contributed by atoms with Crippen LogP contribution in [0.1, 0.15) is 49.3 Å². The molecule has 38 heavy (non-hydrogen) atoms. The normalized spacial score (nSPS) is 15.9. The lowest BCUT2D eigenvalue weighted by Gasteiger charge is -2.33. The topological polar surface area (TPSA) is 88.4 Å². The Balaban J connectivity index is 1.36. The fourth-order valence-electron chi connectivity index (χ4n) is 5.72. The average Bonchev–Trinajstić information content (AvgIpc) is 3.58. The fourth-order valence-corrected chi connectivity index (χ4v) is 5.72. The predicted molar refractivity (Wildman–Crippen MR) is 151 cm³/mol. The molecule has 0 spiro atoms. The summed E-state index contributed by atoms with van der Waals surface area (Å²) >= 11 is 0. The molecule has 0 saturated carbocycles. The Morgan fingerprint density at radius 3 is 2.58 bits per heavy atom. The minimum Gasteiger partial charge on any atom is -0.371 e. The molecule has 8 nitrogen and oxygen atoms in total. The van der Waals surface area contributed by atoms with E-state index in [1.54, 1.807) is 0 Å². The van der Waals surface area contributed by atoms with Crippen LogP contribution < -0.4 is 4.90 Å². The van der Waals surface area contributed by atoms with Gasteiger partial charge in [0, 0.05) is 36.5 Å². The van der Waals surface area contributed by atoms with E-state index in [0.29, 0.717) is 11.7 Å². The molecule has 1 aliphatic rings. The molecule has 1 N–H and O–H groups in total. The highest BCUT2D eigenvalue weighted by molar-refractivity contribution is 5.83. The second kappa shape index (κ2) is 10.0. The Morgan fingerprint density at radius 2 is 1.84 bits per heavy atom. The molecule has 0 aliphatic carbocycles. The lowest BCUT2D eigenvalue weighted by molar-refractivity contribution is 0.447. The number of hydrogen-bond acceptors (Lipinski definition) is 6. The third kappa shape index (κ3) is 4.55. The van der Waals surface area contributed by atoms with Gasteiger partial charge >= 0.3 is 0 Å². The number of aromatic nitrogens is 7. The van der Waals surface area contributed by atoms with Crippen molar-refractivity contribution in [3.8, 4) is 22.5 Å². The standard InChI is InChI=1S/C30H34N8/c1-5-27-32-28-20(3)15-21(4)31-30(28)38(27)18-22-8-10-23(11-9-22)26-16-24(37-14-6-7-19(2)17-37)12-13-25(26)29-33-35-36-34-29/h8-13,15-16,19H,5-7,14,17-18H2,1-4H3,(H,33,34,35,36)/t19-/m0/s1. The van der Waals surface area contributed by atoms with Crippen LogP contribution in [0.15, 0.2) is 48.5 Å². The minimum absolute atomic E-state index is 0.608. The number of H-pyrrole nitrogens is 1. The van der Waals surface area contributed by atoms with Crippen molar-refractivity contribution in [3.05, 3.63) is 71.2 Å². The highest BCUT2D eigenvalue weighted by Gasteiger charge is 2.20. The van der Waals surface area contributed by atoms with Crippen molar-refractivity contribution in [1.29, 1.82) is 0 Å². The van der Waals surface area contributed by atoms with Crippen molar-refractivity contribution in [2.75, 3.05) is 18.0 Å². The number of imidazole rings is 1. The summed E-state index contributed by atoms with van der Waals surface area (Å²) in [7, 11) is 0. The van der Waals surface area contributed by atoms with Crippen molar-refractivity contribution in [3.63, 3.8) is 0 Å². The van der Waals surface area contributed by atoms with Gasteiger partial charge in [0.15, 0.2) is 5.65 Å². The summed E-state index contributed by atoms with van der Waals surface area (Å²) in [6, 6.07) is 17.5. The molecule has 0 unspecified atom stereocenters. The molecule has 8 heteroatoms. The number of piperidine rings is 1. The van der Waals surface area contributed by atoms with Crippen molar-refractivity contribution in [2.45, 2.75) is 53.5 Å². The number of fused-ring (bicyclic) bond motifs is 1. The maximum Gasteiger partial charge on any atom is 0.205 e. The molecule has 3 aromatic heterocycles. The summed E-state index contributed by atoms with van der Waals surface area (Å²) in [5.74, 6) is 2.38. The molecule has 0 amide bonds. The molecule has 194 valence electrons. The van der Waals surface area contributed by atoms with E-state index in [-0.39, 0.29) is 0 Å². The van der Waals surface area contributed by atoms with Crippen LogP contribution >= 0.6 is 0 Å². The molecule has 1 saturated heterocycles. The average molecular weight is 507 g/mol. The molecule has 2 aromatic carbocycles. The first kappa shape index (κ1) is 24.3. The van der Waals surface area contributed by atoms with E-state index in [1.165, 1.54) is 29.7 Å². The summed E-state index contributed by atoms with van der Waals surface area (Å²) in [6.45, 7) is 11.6. The molecule has 0 radical (unpaired) electrons. The third-order valence-corrected chi connectivity index (χ3v) is 7.63. The van der Waals surface area contributed by atoms with E-state index in [2.05, 4.69) is 99.4 Å². The van der Waals surface area contributed by atoms with Gasteiger partial charge in [-0.05, 0) is 84.3 Å². The summed E-state index contributed by atoms with van der Waals surface area (Å²) < 4.78 is 2.26. The van der Waals surface area contributed by atoms with Crippen LogP contribution in [0.25, 0.3) is 33.7 Å². The van der Waals surface area contributed by atoms with Gasteiger partial charge in [0.05, 0.1) is 6.54 Å². The van der Waals surface area contributed by atoms with Gasteiger partial charge < -0.3 is 9.47 Å². The van der Waals surface area contributed by atoms with Crippen LogP contribution in [0, 0.1) is 19.8 Å². The number of aryl methyl sites for hydroxylation is 3. The zero-order chi connectivity index (χ0) is 26.2. The summed E-state index contributed by atoms with van der Waals surface area (Å²) in [6.07, 6.45) is 3.39. The Bertz CT molecular complexity index is 1570. The first-order valence-corrected chi connectivity index (χ1v) is 13.6. The van der Waals surface area contributed by atoms with Crippen LogP contribution in [0.5, 0.6) is 0 Å². The van der Waals surface area contributed by atoms with E-state index >= 15 is 0 Å². The predicted octanol–water partition coefficient (Wildman–Crippen LogP) is 5.74. The molecule has 1 aliphatic heterocycles. The Morgan fingerprint density at radius 1 is 1.00 bits per heavy atom. The summed E-state index contributed by atoms with van der Waals surface area (Å²) in [5, 5.41) is 15.0. The van der Waals surface area contributed by atoms with Crippen molar-refractivity contribution in [1.82, 2.24) is 35.2 Å². The van der Waals surface area contributed by atoms with Crippen LogP contribution in [0.4, 0.5) is 5.69 Å². The molecule has 6 rings (SSSR count). The second-order valence-corrected chi connectivity index (χ2v) is 10.6. The molecular weight excluding hydrogens is 472 g/mol. The molecule has 0 bridgehead atoms. The number of tetrazole rings is 1. The molecular formula is C30H34N8. The highest BCUT2D eigenvalue weighted by Crippen LogP contribution is 2.35. The van der Waals surface area contributed by atoms with Crippen LogP contribution in [0.3, 0.4) is 0 Å². The van der Waals surface area contributed by atoms with Crippen molar-refractivity contribution >= 4 is 16.9 Å². The van der Waals surface area contributed by atoms with Crippen LogP contribution in [-0.4, -0.2) is 48.2 Å². The SMILES string of the molecule is CCc1nc2c(C)cc(C)nc2n1Cc1ccc(-c2cc(N3CCC[C@H](C)C3)ccc2-c2nn[nH]n2)cc1. The number of nitrogens with one attached hydrogen (secondary N) is 1. The molecule has 1 atom stereocenters. The Kier molecular flexibility index (Phi) is 6.39. The van der Waals surface area contributed by atoms with Gasteiger partial charge in [-0.25, -0.2) is 9.97 Å². The molecule has 1 fully saturated rings. The zero-order valence-corrected chi connectivity index (χ0v) is 22.6. The Hall–Kier alpha value is -4.07. The number of rotatable bonds is 6. The molecule has 5 aromatic rings. The van der Waals surface area contributed by atoms with Crippen LogP contribution in [-0.2, 0) is 13.0 Å². The van der Waals surface area contributed by atoms with Crippen molar-refractivity contribution in [2.24, 2.45) is 5.92 Å². The monoisotopic (exact) mass is 506 g/mol. The van der Waals surface area contributed by atoms with E-state index < -0.39 is 0 Å².